The fourth-order valence-electron chi connectivity index (χ4n) is 1.13. The Labute approximate surface area is 89.3 Å². The number of carbonyl (C=O) groups excluding carboxylic acids is 1. The van der Waals surface area contributed by atoms with Crippen molar-refractivity contribution in [3.8, 4) is 0 Å². The van der Waals surface area contributed by atoms with Gasteiger partial charge in [0.25, 0.3) is 0 Å². The Hall–Kier alpha value is -1.02. The van der Waals surface area contributed by atoms with E-state index in [0.29, 0.717) is 6.54 Å². The summed E-state index contributed by atoms with van der Waals surface area (Å²) >= 11 is 5.91. The van der Waals surface area contributed by atoms with Crippen LogP contribution in [0.25, 0.3) is 0 Å². The average molecular weight is 212 g/mol. The SMILES string of the molecule is CC(=O)NCc1ccc(C(C)Cl)cc1. The number of alkyl halides is 1. The quantitative estimate of drug-likeness (QED) is 0.766. The molecule has 0 aliphatic rings. The number of rotatable bonds is 3. The fourth-order valence-corrected chi connectivity index (χ4v) is 1.27. The van der Waals surface area contributed by atoms with E-state index in [2.05, 4.69) is 5.32 Å². The molecule has 1 rings (SSSR count). The third-order valence-electron chi connectivity index (χ3n) is 1.98. The van der Waals surface area contributed by atoms with Gasteiger partial charge >= 0.3 is 0 Å². The van der Waals surface area contributed by atoms with Gasteiger partial charge in [-0.05, 0) is 18.1 Å². The van der Waals surface area contributed by atoms with Crippen LogP contribution in [0.15, 0.2) is 24.3 Å². The number of carbonyl (C=O) groups is 1. The van der Waals surface area contributed by atoms with Gasteiger partial charge in [0.1, 0.15) is 0 Å². The van der Waals surface area contributed by atoms with Gasteiger partial charge in [-0.3, -0.25) is 4.79 Å². The molecule has 0 aliphatic heterocycles. The lowest BCUT2D eigenvalue weighted by Gasteiger charge is -2.05. The summed E-state index contributed by atoms with van der Waals surface area (Å²) in [5.41, 5.74) is 2.18. The minimum absolute atomic E-state index is 0.0141. The van der Waals surface area contributed by atoms with Gasteiger partial charge < -0.3 is 5.32 Å². The van der Waals surface area contributed by atoms with Crippen LogP contribution >= 0.6 is 11.6 Å². The molecule has 0 aromatic heterocycles. The standard InChI is InChI=1S/C11H14ClNO/c1-8(12)11-5-3-10(4-6-11)7-13-9(2)14/h3-6,8H,7H2,1-2H3,(H,13,14). The Kier molecular flexibility index (Phi) is 3.96. The highest BCUT2D eigenvalue weighted by molar-refractivity contribution is 6.20. The molecule has 0 aliphatic carbocycles. The van der Waals surface area contributed by atoms with E-state index in [1.54, 1.807) is 0 Å². The van der Waals surface area contributed by atoms with E-state index < -0.39 is 0 Å². The smallest absolute Gasteiger partial charge is 0.217 e. The summed E-state index contributed by atoms with van der Waals surface area (Å²) < 4.78 is 0. The molecule has 76 valence electrons. The zero-order valence-corrected chi connectivity index (χ0v) is 9.14. The van der Waals surface area contributed by atoms with E-state index in [1.165, 1.54) is 6.92 Å². The number of benzene rings is 1. The minimum atomic E-state index is -0.0141. The van der Waals surface area contributed by atoms with Gasteiger partial charge in [-0.2, -0.15) is 0 Å². The lowest BCUT2D eigenvalue weighted by molar-refractivity contribution is -0.119. The highest BCUT2D eigenvalue weighted by Gasteiger charge is 2.00. The molecule has 2 nitrogen and oxygen atoms in total. The van der Waals surface area contributed by atoms with Crippen molar-refractivity contribution in [3.05, 3.63) is 35.4 Å². The van der Waals surface area contributed by atoms with Crippen molar-refractivity contribution in [2.45, 2.75) is 25.8 Å². The summed E-state index contributed by atoms with van der Waals surface area (Å²) in [6.07, 6.45) is 0. The summed E-state index contributed by atoms with van der Waals surface area (Å²) in [6, 6.07) is 7.91. The van der Waals surface area contributed by atoms with Crippen molar-refractivity contribution in [1.29, 1.82) is 0 Å². The molecule has 0 radical (unpaired) electrons. The van der Waals surface area contributed by atoms with Crippen LogP contribution < -0.4 is 5.32 Å². The molecular weight excluding hydrogens is 198 g/mol. The number of hydrogen-bond donors (Lipinski definition) is 1. The molecule has 0 heterocycles. The van der Waals surface area contributed by atoms with Crippen molar-refractivity contribution >= 4 is 17.5 Å². The van der Waals surface area contributed by atoms with Gasteiger partial charge in [-0.25, -0.2) is 0 Å². The topological polar surface area (TPSA) is 29.1 Å². The number of amides is 1. The van der Waals surface area contributed by atoms with Crippen LogP contribution in [0.1, 0.15) is 30.4 Å². The van der Waals surface area contributed by atoms with E-state index in [1.807, 2.05) is 31.2 Å². The fraction of sp³-hybridized carbons (Fsp3) is 0.364. The van der Waals surface area contributed by atoms with Crippen LogP contribution in [0.2, 0.25) is 0 Å². The molecule has 1 atom stereocenters. The monoisotopic (exact) mass is 211 g/mol. The molecule has 1 aromatic rings. The molecule has 1 N–H and O–H groups in total. The zero-order valence-electron chi connectivity index (χ0n) is 8.38. The van der Waals surface area contributed by atoms with E-state index >= 15 is 0 Å². The Bertz CT molecular complexity index is 306. The Morgan fingerprint density at radius 3 is 2.43 bits per heavy atom. The maximum Gasteiger partial charge on any atom is 0.217 e. The van der Waals surface area contributed by atoms with Gasteiger partial charge in [0.15, 0.2) is 0 Å². The van der Waals surface area contributed by atoms with E-state index in [4.69, 9.17) is 11.6 Å². The molecule has 0 saturated heterocycles. The maximum atomic E-state index is 10.7. The number of nitrogens with one attached hydrogen (secondary N) is 1. The van der Waals surface area contributed by atoms with Crippen LogP contribution in [-0.2, 0) is 11.3 Å². The largest absolute Gasteiger partial charge is 0.352 e. The second kappa shape index (κ2) is 5.01. The van der Waals surface area contributed by atoms with Crippen LogP contribution in [0.4, 0.5) is 0 Å². The molecule has 3 heteroatoms. The Morgan fingerprint density at radius 1 is 1.43 bits per heavy atom. The molecular formula is C11H14ClNO. The molecule has 0 fully saturated rings. The van der Waals surface area contributed by atoms with Gasteiger partial charge in [0.05, 0.1) is 5.38 Å². The number of hydrogen-bond acceptors (Lipinski definition) is 1. The average Bonchev–Trinajstić information content (AvgIpc) is 2.15. The third-order valence-corrected chi connectivity index (χ3v) is 2.23. The van der Waals surface area contributed by atoms with E-state index in [9.17, 15) is 4.79 Å². The molecule has 1 amide bonds. The molecule has 1 unspecified atom stereocenters. The second-order valence-corrected chi connectivity index (χ2v) is 3.92. The first-order valence-electron chi connectivity index (χ1n) is 4.57. The van der Waals surface area contributed by atoms with Crippen molar-refractivity contribution in [2.75, 3.05) is 0 Å². The lowest BCUT2D eigenvalue weighted by Crippen LogP contribution is -2.18. The van der Waals surface area contributed by atoms with E-state index in [0.717, 1.165) is 11.1 Å². The molecule has 0 bridgehead atoms. The van der Waals surface area contributed by atoms with Gasteiger partial charge in [0, 0.05) is 13.5 Å². The van der Waals surface area contributed by atoms with Crippen molar-refractivity contribution in [3.63, 3.8) is 0 Å². The normalized spacial score (nSPS) is 12.2. The first-order chi connectivity index (χ1) is 6.59. The summed E-state index contributed by atoms with van der Waals surface area (Å²) in [5, 5.41) is 2.77. The van der Waals surface area contributed by atoms with Crippen LogP contribution in [-0.4, -0.2) is 5.91 Å². The van der Waals surface area contributed by atoms with Crippen LogP contribution in [0, 0.1) is 0 Å². The summed E-state index contributed by atoms with van der Waals surface area (Å²) in [7, 11) is 0. The molecule has 0 saturated carbocycles. The predicted octanol–water partition coefficient (Wildman–Crippen LogP) is 2.62. The van der Waals surface area contributed by atoms with Gasteiger partial charge in [-0.1, -0.05) is 24.3 Å². The first kappa shape index (κ1) is 11.1. The highest BCUT2D eigenvalue weighted by atomic mass is 35.5. The second-order valence-electron chi connectivity index (χ2n) is 3.27. The summed E-state index contributed by atoms with van der Waals surface area (Å²) in [5.74, 6) is -0.0141. The van der Waals surface area contributed by atoms with Crippen molar-refractivity contribution < 1.29 is 4.79 Å². The van der Waals surface area contributed by atoms with Gasteiger partial charge in [0.2, 0.25) is 5.91 Å². The van der Waals surface area contributed by atoms with Crippen molar-refractivity contribution in [2.24, 2.45) is 0 Å². The molecule has 1 aromatic carbocycles. The van der Waals surface area contributed by atoms with Crippen molar-refractivity contribution in [1.82, 2.24) is 5.32 Å². The Morgan fingerprint density at radius 2 is 2.00 bits per heavy atom. The summed E-state index contributed by atoms with van der Waals surface area (Å²) in [4.78, 5) is 10.7. The van der Waals surface area contributed by atoms with Gasteiger partial charge in [-0.15, -0.1) is 11.6 Å². The third kappa shape index (κ3) is 3.38. The van der Waals surface area contributed by atoms with E-state index in [-0.39, 0.29) is 11.3 Å². The number of halogens is 1. The lowest BCUT2D eigenvalue weighted by atomic mass is 10.1. The molecule has 0 spiro atoms. The predicted molar refractivity (Wildman–Crippen MR) is 58.2 cm³/mol. The van der Waals surface area contributed by atoms with Crippen LogP contribution in [0.5, 0.6) is 0 Å². The highest BCUT2D eigenvalue weighted by Crippen LogP contribution is 2.19. The summed E-state index contributed by atoms with van der Waals surface area (Å²) in [6.45, 7) is 4.02. The molecule has 14 heavy (non-hydrogen) atoms. The Balaban J connectivity index is 2.59. The minimum Gasteiger partial charge on any atom is -0.352 e. The first-order valence-corrected chi connectivity index (χ1v) is 5.00. The van der Waals surface area contributed by atoms with Crippen LogP contribution in [0.3, 0.4) is 0 Å². The maximum absolute atomic E-state index is 10.7. The zero-order chi connectivity index (χ0) is 10.6.